The number of hydrogen-bond donors (Lipinski definition) is 0. The molecule has 0 fully saturated rings. The molecule has 1 atom stereocenters. The molecule has 0 saturated heterocycles. The molecule has 0 bridgehead atoms. The molecule has 0 aliphatic rings. The second kappa shape index (κ2) is 10.6. The molecule has 4 aromatic rings. The minimum atomic E-state index is -0.635. The van der Waals surface area contributed by atoms with E-state index >= 15 is 0 Å². The molecule has 188 valence electrons. The van der Waals surface area contributed by atoms with Crippen molar-refractivity contribution in [3.8, 4) is 11.6 Å². The first-order chi connectivity index (χ1) is 17.7. The van der Waals surface area contributed by atoms with Crippen LogP contribution in [0.4, 0.5) is 11.4 Å². The molecule has 0 aliphatic heterocycles. The fourth-order valence-electron chi connectivity index (χ4n) is 3.40. The van der Waals surface area contributed by atoms with Crippen molar-refractivity contribution in [3.05, 3.63) is 101 Å². The molecular weight excluding hydrogens is 548 g/mol. The van der Waals surface area contributed by atoms with Crippen molar-refractivity contribution >= 4 is 44.4 Å². The summed E-state index contributed by atoms with van der Waals surface area (Å²) in [6.45, 7) is 3.90. The fourth-order valence-corrected chi connectivity index (χ4v) is 3.76. The summed E-state index contributed by atoms with van der Waals surface area (Å²) in [5.74, 6) is 0.237. The lowest BCUT2D eigenvalue weighted by molar-refractivity contribution is -0.385. The molecule has 37 heavy (non-hydrogen) atoms. The highest BCUT2D eigenvalue weighted by atomic mass is 79.9. The molecule has 0 aliphatic carbocycles. The predicted molar refractivity (Wildman–Crippen MR) is 139 cm³/mol. The van der Waals surface area contributed by atoms with Gasteiger partial charge in [0.25, 0.3) is 11.2 Å². The second-order valence-electron chi connectivity index (χ2n) is 8.00. The number of nitro benzene ring substituents is 1. The molecule has 0 amide bonds. The van der Waals surface area contributed by atoms with Gasteiger partial charge in [-0.15, -0.1) is 0 Å². The Kier molecular flexibility index (Phi) is 7.34. The van der Waals surface area contributed by atoms with Crippen LogP contribution in [0.1, 0.15) is 37.6 Å². The van der Waals surface area contributed by atoms with E-state index in [1.54, 1.807) is 18.2 Å². The van der Waals surface area contributed by atoms with Crippen molar-refractivity contribution < 1.29 is 14.6 Å². The lowest BCUT2D eigenvalue weighted by Gasteiger charge is -2.14. The Morgan fingerprint density at radius 3 is 2.57 bits per heavy atom. The van der Waals surface area contributed by atoms with Crippen LogP contribution in [0.2, 0.25) is 0 Å². The topological polar surface area (TPSA) is 156 Å². The zero-order valence-electron chi connectivity index (χ0n) is 19.6. The minimum absolute atomic E-state index is 0.0479. The number of fused-ring (bicyclic) bond motifs is 1. The monoisotopic (exact) mass is 566 g/mol. The van der Waals surface area contributed by atoms with Gasteiger partial charge in [-0.25, -0.2) is 9.97 Å². The van der Waals surface area contributed by atoms with Crippen LogP contribution < -0.4 is 10.3 Å². The van der Waals surface area contributed by atoms with Crippen molar-refractivity contribution in [1.82, 2.24) is 14.6 Å². The maximum atomic E-state index is 13.3. The van der Waals surface area contributed by atoms with Crippen molar-refractivity contribution in [2.24, 2.45) is 5.10 Å². The number of nitro groups is 2. The molecule has 12 nitrogen and oxygen atoms in total. The predicted octanol–water partition coefficient (Wildman–Crippen LogP) is 5.56. The Hall–Kier alpha value is -4.52. The van der Waals surface area contributed by atoms with Gasteiger partial charge in [-0.3, -0.25) is 25.0 Å². The summed E-state index contributed by atoms with van der Waals surface area (Å²) < 4.78 is 7.41. The van der Waals surface area contributed by atoms with E-state index in [-0.39, 0.29) is 34.5 Å². The van der Waals surface area contributed by atoms with E-state index in [4.69, 9.17) is 4.74 Å². The smallest absolute Gasteiger partial charge is 0.312 e. The Morgan fingerprint density at radius 1 is 1.14 bits per heavy atom. The van der Waals surface area contributed by atoms with Crippen LogP contribution in [-0.4, -0.2) is 30.7 Å². The van der Waals surface area contributed by atoms with Crippen molar-refractivity contribution in [1.29, 1.82) is 0 Å². The Balaban J connectivity index is 1.71. The quantitative estimate of drug-likeness (QED) is 0.152. The molecule has 13 heteroatoms. The lowest BCUT2D eigenvalue weighted by atomic mass is 10.1. The van der Waals surface area contributed by atoms with Gasteiger partial charge >= 0.3 is 5.69 Å². The summed E-state index contributed by atoms with van der Waals surface area (Å²) in [6, 6.07) is 11.8. The first-order valence-corrected chi connectivity index (χ1v) is 11.8. The molecule has 0 N–H and O–H groups in total. The number of ether oxygens (including phenoxy) is 1. The maximum absolute atomic E-state index is 13.3. The summed E-state index contributed by atoms with van der Waals surface area (Å²) in [7, 11) is 0. The van der Waals surface area contributed by atoms with E-state index in [0.717, 1.165) is 17.1 Å². The van der Waals surface area contributed by atoms with Gasteiger partial charge in [-0.2, -0.15) is 9.78 Å². The van der Waals surface area contributed by atoms with Crippen molar-refractivity contribution in [3.63, 3.8) is 0 Å². The average Bonchev–Trinajstić information content (AvgIpc) is 2.88. The number of pyridine rings is 1. The van der Waals surface area contributed by atoms with Gasteiger partial charge in [-0.1, -0.05) is 29.8 Å². The van der Waals surface area contributed by atoms with Crippen LogP contribution in [0.3, 0.4) is 0 Å². The number of hydrogen-bond acceptors (Lipinski definition) is 9. The summed E-state index contributed by atoms with van der Waals surface area (Å²) in [6.07, 6.45) is 3.04. The molecule has 0 unspecified atom stereocenters. The highest BCUT2D eigenvalue weighted by molar-refractivity contribution is 9.10. The molecule has 0 radical (unpaired) electrons. The molecule has 2 aromatic heterocycles. The van der Waals surface area contributed by atoms with Gasteiger partial charge in [-0.05, 0) is 36.8 Å². The van der Waals surface area contributed by atoms with Crippen LogP contribution in [0, 0.1) is 20.2 Å². The number of benzene rings is 2. The van der Waals surface area contributed by atoms with E-state index in [1.165, 1.54) is 41.2 Å². The van der Waals surface area contributed by atoms with E-state index in [2.05, 4.69) is 31.0 Å². The summed E-state index contributed by atoms with van der Waals surface area (Å²) in [5, 5.41) is 27.2. The fraction of sp³-hybridized carbons (Fsp3) is 0.167. The lowest BCUT2D eigenvalue weighted by Crippen LogP contribution is -2.23. The molecule has 2 aromatic carbocycles. The SMILES string of the molecule is CC[C@@H](C)c1nc2ccc(Br)cc2c(=O)n1N=Cc1ccc(Oc2ccc([N+](=O)[O-])cn2)c([N+](=O)[O-])c1. The third-order valence-corrected chi connectivity index (χ3v) is 6.03. The first-order valence-electron chi connectivity index (χ1n) is 11.0. The second-order valence-corrected chi connectivity index (χ2v) is 8.92. The van der Waals surface area contributed by atoms with Crippen molar-refractivity contribution in [2.75, 3.05) is 0 Å². The normalized spacial score (nSPS) is 12.1. The van der Waals surface area contributed by atoms with Gasteiger partial charge in [0.15, 0.2) is 0 Å². The van der Waals surface area contributed by atoms with Gasteiger partial charge < -0.3 is 4.74 Å². The Morgan fingerprint density at radius 2 is 1.92 bits per heavy atom. The molecule has 0 saturated carbocycles. The zero-order valence-corrected chi connectivity index (χ0v) is 21.2. The van der Waals surface area contributed by atoms with Crippen LogP contribution in [0.15, 0.2) is 69.1 Å². The number of halogens is 1. The molecule has 2 heterocycles. The van der Waals surface area contributed by atoms with E-state index in [9.17, 15) is 25.0 Å². The summed E-state index contributed by atoms with van der Waals surface area (Å²) >= 11 is 3.37. The third-order valence-electron chi connectivity index (χ3n) is 5.53. The standard InChI is InChI=1S/C24H19BrN6O6/c1-3-14(2)23-28-19-7-5-16(25)11-18(19)24(32)29(23)27-12-15-4-8-21(20(10-15)31(35)36)37-22-9-6-17(13-26-22)30(33)34/h4-14H,3H2,1-2H3/t14-/m1/s1. The van der Waals surface area contributed by atoms with Gasteiger partial charge in [0.2, 0.25) is 11.6 Å². The first kappa shape index (κ1) is 25.6. The largest absolute Gasteiger partial charge is 0.432 e. The highest BCUT2D eigenvalue weighted by Gasteiger charge is 2.19. The van der Waals surface area contributed by atoms with Crippen LogP contribution in [0.25, 0.3) is 10.9 Å². The maximum Gasteiger partial charge on any atom is 0.312 e. The molecular formula is C24H19BrN6O6. The zero-order chi connectivity index (χ0) is 26.7. The third kappa shape index (κ3) is 5.51. The number of nitrogens with zero attached hydrogens (tertiary/aromatic N) is 6. The molecule has 4 rings (SSSR count). The van der Waals surface area contributed by atoms with Gasteiger partial charge in [0.05, 0.1) is 27.0 Å². The van der Waals surface area contributed by atoms with Gasteiger partial charge in [0, 0.05) is 34.2 Å². The number of aromatic nitrogens is 3. The number of rotatable bonds is 8. The van der Waals surface area contributed by atoms with Gasteiger partial charge in [0.1, 0.15) is 12.0 Å². The van der Waals surface area contributed by atoms with Crippen LogP contribution in [0.5, 0.6) is 11.6 Å². The Bertz CT molecular complexity index is 1600. The highest BCUT2D eigenvalue weighted by Crippen LogP contribution is 2.31. The van der Waals surface area contributed by atoms with E-state index < -0.39 is 9.85 Å². The van der Waals surface area contributed by atoms with Crippen LogP contribution >= 0.6 is 15.9 Å². The average molecular weight is 567 g/mol. The van der Waals surface area contributed by atoms with E-state index in [1.807, 2.05) is 13.8 Å². The molecule has 0 spiro atoms. The Labute approximate surface area is 217 Å². The summed E-state index contributed by atoms with van der Waals surface area (Å²) in [4.78, 5) is 42.9. The summed E-state index contributed by atoms with van der Waals surface area (Å²) in [5.41, 5.74) is -0.0920. The van der Waals surface area contributed by atoms with E-state index in [0.29, 0.717) is 22.3 Å². The van der Waals surface area contributed by atoms with Crippen molar-refractivity contribution in [2.45, 2.75) is 26.2 Å². The van der Waals surface area contributed by atoms with Crippen LogP contribution in [-0.2, 0) is 0 Å². The minimum Gasteiger partial charge on any atom is -0.432 e.